The fraction of sp³-hybridized carbons (Fsp3) is 0.146. The third-order valence-corrected chi connectivity index (χ3v) is 8.68. The summed E-state index contributed by atoms with van der Waals surface area (Å²) in [5.74, 6) is 0.0682. The third kappa shape index (κ3) is 10.4. The highest BCUT2D eigenvalue weighted by atomic mass is 32.2. The number of rotatable bonds is 13. The van der Waals surface area contributed by atoms with Gasteiger partial charge in [0.25, 0.3) is 11.8 Å². The van der Waals surface area contributed by atoms with Crippen LogP contribution in [-0.4, -0.2) is 23.0 Å². The first-order chi connectivity index (χ1) is 23.7. The van der Waals surface area contributed by atoms with E-state index in [4.69, 9.17) is 4.74 Å². The number of benzene rings is 5. The summed E-state index contributed by atoms with van der Waals surface area (Å²) in [4.78, 5) is 40.5. The van der Waals surface area contributed by atoms with Crippen molar-refractivity contribution in [1.29, 1.82) is 0 Å². The van der Waals surface area contributed by atoms with Crippen LogP contribution in [0.3, 0.4) is 0 Å². The molecule has 3 N–H and O–H groups in total. The largest absolute Gasteiger partial charge is 0.489 e. The Bertz CT molecular complexity index is 1890. The van der Waals surface area contributed by atoms with E-state index in [0.717, 1.165) is 16.1 Å². The predicted octanol–water partition coefficient (Wildman–Crippen LogP) is 8.92. The van der Waals surface area contributed by atoms with E-state index >= 15 is 0 Å². The van der Waals surface area contributed by atoms with Gasteiger partial charge in [-0.2, -0.15) is 0 Å². The number of anilines is 2. The van der Waals surface area contributed by atoms with E-state index in [9.17, 15) is 14.4 Å². The first kappa shape index (κ1) is 34.7. The first-order valence-corrected chi connectivity index (χ1v) is 17.0. The van der Waals surface area contributed by atoms with Crippen molar-refractivity contribution in [1.82, 2.24) is 5.32 Å². The fourth-order valence-corrected chi connectivity index (χ4v) is 5.74. The van der Waals surface area contributed by atoms with Crippen molar-refractivity contribution in [3.8, 4) is 5.75 Å². The van der Waals surface area contributed by atoms with Gasteiger partial charge in [0.05, 0.1) is 5.25 Å². The van der Waals surface area contributed by atoms with E-state index in [1.807, 2.05) is 104 Å². The molecule has 0 heterocycles. The smallest absolute Gasteiger partial charge is 0.272 e. The summed E-state index contributed by atoms with van der Waals surface area (Å²) in [5, 5.41) is 8.27. The van der Waals surface area contributed by atoms with Crippen molar-refractivity contribution >= 4 is 46.9 Å². The molecular weight excluding hydrogens is 631 g/mol. The molecule has 0 aliphatic carbocycles. The van der Waals surface area contributed by atoms with Crippen LogP contribution in [0.4, 0.5) is 11.4 Å². The summed E-state index contributed by atoms with van der Waals surface area (Å²) in [7, 11) is 0. The molecule has 0 bridgehead atoms. The molecule has 3 amide bonds. The van der Waals surface area contributed by atoms with E-state index in [1.54, 1.807) is 42.5 Å². The summed E-state index contributed by atoms with van der Waals surface area (Å²) >= 11 is 1.38. The van der Waals surface area contributed by atoms with Crippen LogP contribution >= 0.6 is 11.8 Å². The number of thioether (sulfide) groups is 1. The third-order valence-electron chi connectivity index (χ3n) is 7.59. The molecule has 7 nitrogen and oxygen atoms in total. The highest BCUT2D eigenvalue weighted by molar-refractivity contribution is 8.00. The van der Waals surface area contributed by atoms with E-state index in [-0.39, 0.29) is 11.6 Å². The zero-order valence-corrected chi connectivity index (χ0v) is 28.5. The Hall–Kier alpha value is -5.60. The number of hydrogen-bond donors (Lipinski definition) is 3. The molecule has 1 atom stereocenters. The van der Waals surface area contributed by atoms with E-state index < -0.39 is 17.1 Å². The molecular formula is C41H39N3O4S. The molecule has 0 aliphatic rings. The fourth-order valence-electron chi connectivity index (χ4n) is 4.81. The molecule has 1 unspecified atom stereocenters. The molecule has 0 aromatic heterocycles. The number of amides is 3. The summed E-state index contributed by atoms with van der Waals surface area (Å²) < 4.78 is 5.90. The zero-order valence-electron chi connectivity index (χ0n) is 27.7. The highest BCUT2D eigenvalue weighted by Gasteiger charge is 2.18. The molecule has 0 saturated carbocycles. The second-order valence-corrected chi connectivity index (χ2v) is 13.1. The average molecular weight is 670 g/mol. The summed E-state index contributed by atoms with van der Waals surface area (Å²) in [6, 6.07) is 41.0. The van der Waals surface area contributed by atoms with Gasteiger partial charge in [-0.15, -0.1) is 11.8 Å². The van der Waals surface area contributed by atoms with Crippen molar-refractivity contribution < 1.29 is 19.1 Å². The molecule has 49 heavy (non-hydrogen) atoms. The zero-order chi connectivity index (χ0) is 34.6. The number of ether oxygens (including phenoxy) is 1. The van der Waals surface area contributed by atoms with E-state index in [1.165, 1.54) is 17.3 Å². The van der Waals surface area contributed by atoms with Gasteiger partial charge in [0.2, 0.25) is 5.91 Å². The maximum absolute atomic E-state index is 13.6. The molecule has 5 aromatic carbocycles. The topological polar surface area (TPSA) is 96.5 Å². The Morgan fingerprint density at radius 3 is 2.06 bits per heavy atom. The Labute approximate surface area is 291 Å². The lowest BCUT2D eigenvalue weighted by Gasteiger charge is -2.14. The Balaban J connectivity index is 1.26. The molecule has 8 heteroatoms. The summed E-state index contributed by atoms with van der Waals surface area (Å²) in [5.41, 5.74) is 4.73. The lowest BCUT2D eigenvalue weighted by atomic mass is 10.0. The Morgan fingerprint density at radius 1 is 0.714 bits per heavy atom. The number of carbonyl (C=O) groups excluding carboxylic acids is 3. The molecule has 0 spiro atoms. The van der Waals surface area contributed by atoms with Crippen LogP contribution in [0.5, 0.6) is 5.75 Å². The van der Waals surface area contributed by atoms with Gasteiger partial charge in [-0.3, -0.25) is 14.4 Å². The van der Waals surface area contributed by atoms with Gasteiger partial charge in [0, 0.05) is 21.8 Å². The van der Waals surface area contributed by atoms with Crippen molar-refractivity contribution in [3.63, 3.8) is 0 Å². The molecule has 248 valence electrons. The van der Waals surface area contributed by atoms with Gasteiger partial charge in [-0.05, 0) is 90.2 Å². The van der Waals surface area contributed by atoms with Gasteiger partial charge in [-0.1, -0.05) is 92.7 Å². The second-order valence-electron chi connectivity index (χ2n) is 11.7. The number of hydrogen-bond acceptors (Lipinski definition) is 5. The minimum absolute atomic E-state index is 0.0705. The van der Waals surface area contributed by atoms with Crippen molar-refractivity contribution in [2.75, 3.05) is 10.6 Å². The van der Waals surface area contributed by atoms with Gasteiger partial charge < -0.3 is 20.7 Å². The predicted molar refractivity (Wildman–Crippen MR) is 199 cm³/mol. The minimum atomic E-state index is -0.494. The molecule has 0 aliphatic heterocycles. The van der Waals surface area contributed by atoms with Gasteiger partial charge >= 0.3 is 0 Å². The SMILES string of the molecule is CC(Sc1cccc(NC(=O)/C(=C/c2ccc(OCc3ccccc3)cc2)NC(=O)c2ccccc2)c1)C(=O)Nc1ccc(C(C)C)cc1. The second kappa shape index (κ2) is 17.0. The van der Waals surface area contributed by atoms with Crippen molar-refractivity contribution in [3.05, 3.63) is 161 Å². The van der Waals surface area contributed by atoms with Crippen LogP contribution < -0.4 is 20.7 Å². The quantitative estimate of drug-likeness (QED) is 0.0860. The van der Waals surface area contributed by atoms with E-state index in [2.05, 4.69) is 29.8 Å². The monoisotopic (exact) mass is 669 g/mol. The maximum atomic E-state index is 13.6. The number of nitrogens with one attached hydrogen (secondary N) is 3. The van der Waals surface area contributed by atoms with Gasteiger partial charge in [0.15, 0.2) is 0 Å². The molecule has 0 fully saturated rings. The van der Waals surface area contributed by atoms with Gasteiger partial charge in [-0.25, -0.2) is 0 Å². The standard InChI is InChI=1S/C41H39N3O4S/c1-28(2)32-19-21-34(22-20-32)42-39(45)29(3)49-37-16-10-15-35(26-37)43-41(47)38(44-40(46)33-13-8-5-9-14-33)25-30-17-23-36(24-18-30)48-27-31-11-6-4-7-12-31/h4-26,28-29H,27H2,1-3H3,(H,42,45)(H,43,47)(H,44,46)/b38-25-. The van der Waals surface area contributed by atoms with Crippen LogP contribution in [0.15, 0.2) is 144 Å². The lowest BCUT2D eigenvalue weighted by molar-refractivity contribution is -0.115. The number of carbonyl (C=O) groups is 3. The van der Waals surface area contributed by atoms with Crippen LogP contribution in [-0.2, 0) is 16.2 Å². The van der Waals surface area contributed by atoms with Crippen molar-refractivity contribution in [2.24, 2.45) is 0 Å². The first-order valence-electron chi connectivity index (χ1n) is 16.1. The summed E-state index contributed by atoms with van der Waals surface area (Å²) in [6.45, 7) is 6.53. The van der Waals surface area contributed by atoms with Crippen LogP contribution in [0, 0.1) is 0 Å². The highest BCUT2D eigenvalue weighted by Crippen LogP contribution is 2.27. The average Bonchev–Trinajstić information content (AvgIpc) is 3.12. The summed E-state index contributed by atoms with van der Waals surface area (Å²) in [6.07, 6.45) is 1.62. The molecule has 5 aromatic rings. The molecule has 0 saturated heterocycles. The minimum Gasteiger partial charge on any atom is -0.489 e. The van der Waals surface area contributed by atoms with Gasteiger partial charge in [0.1, 0.15) is 18.1 Å². The van der Waals surface area contributed by atoms with Crippen LogP contribution in [0.1, 0.15) is 53.7 Å². The maximum Gasteiger partial charge on any atom is 0.272 e. The lowest BCUT2D eigenvalue weighted by Crippen LogP contribution is -2.30. The van der Waals surface area contributed by atoms with Crippen LogP contribution in [0.25, 0.3) is 6.08 Å². The molecule has 0 radical (unpaired) electrons. The van der Waals surface area contributed by atoms with E-state index in [0.29, 0.717) is 35.1 Å². The van der Waals surface area contributed by atoms with Crippen molar-refractivity contribution in [2.45, 2.75) is 43.4 Å². The molecule has 5 rings (SSSR count). The Morgan fingerprint density at radius 2 is 1.39 bits per heavy atom. The van der Waals surface area contributed by atoms with Crippen LogP contribution in [0.2, 0.25) is 0 Å². The normalized spacial score (nSPS) is 11.8. The Kier molecular flexibility index (Phi) is 12.0.